The van der Waals surface area contributed by atoms with Gasteiger partial charge in [0.05, 0.1) is 11.4 Å². The normalized spacial score (nSPS) is 13.8. The van der Waals surface area contributed by atoms with E-state index in [4.69, 9.17) is 11.6 Å². The molecule has 1 aliphatic heterocycles. The molecule has 0 aromatic heterocycles. The van der Waals surface area contributed by atoms with Gasteiger partial charge in [0.2, 0.25) is 5.91 Å². The van der Waals surface area contributed by atoms with E-state index in [2.05, 4.69) is 20.9 Å². The van der Waals surface area contributed by atoms with Crippen molar-refractivity contribution in [2.24, 2.45) is 4.99 Å². The second kappa shape index (κ2) is 7.40. The molecule has 0 saturated carbocycles. The molecule has 2 aromatic carbocycles. The number of halogens is 1. The molecule has 0 saturated heterocycles. The Morgan fingerprint density at radius 1 is 1.15 bits per heavy atom. The van der Waals surface area contributed by atoms with E-state index in [-0.39, 0.29) is 24.0 Å². The number of nitrogens with zero attached hydrogens (tertiary/aromatic N) is 1. The summed E-state index contributed by atoms with van der Waals surface area (Å²) < 4.78 is 0. The van der Waals surface area contributed by atoms with Gasteiger partial charge < -0.3 is 16.0 Å². The maximum Gasteiger partial charge on any atom is 0.319 e. The minimum Gasteiger partial charge on any atom is -0.333 e. The zero-order chi connectivity index (χ0) is 19.6. The molecule has 0 unspecified atom stereocenters. The Kier molecular flexibility index (Phi) is 5.19. The zero-order valence-electron chi connectivity index (χ0n) is 15.4. The SMILES string of the molecule is CC(C)(C)NC(=O)Nc1ccc(C2=NCC(=O)Nc3ccc(Cl)cc32)cc1. The van der Waals surface area contributed by atoms with Crippen LogP contribution in [-0.4, -0.2) is 29.7 Å². The summed E-state index contributed by atoms with van der Waals surface area (Å²) in [4.78, 5) is 28.3. The van der Waals surface area contributed by atoms with Crippen LogP contribution in [0.5, 0.6) is 0 Å². The Morgan fingerprint density at radius 2 is 1.85 bits per heavy atom. The van der Waals surface area contributed by atoms with Crippen molar-refractivity contribution in [3.05, 3.63) is 58.6 Å². The molecule has 0 atom stereocenters. The number of fused-ring (bicyclic) bond motifs is 1. The van der Waals surface area contributed by atoms with Crippen LogP contribution in [0, 0.1) is 0 Å². The number of carbonyl (C=O) groups is 2. The number of anilines is 2. The van der Waals surface area contributed by atoms with E-state index in [0.29, 0.717) is 22.1 Å². The maximum absolute atomic E-state index is 12.0. The number of benzodiazepines with no additional fused rings is 1. The van der Waals surface area contributed by atoms with Gasteiger partial charge in [-0.05, 0) is 51.1 Å². The number of nitrogens with one attached hydrogen (secondary N) is 3. The lowest BCUT2D eigenvalue weighted by Gasteiger charge is -2.20. The lowest BCUT2D eigenvalue weighted by molar-refractivity contribution is -0.114. The number of rotatable bonds is 2. The molecular formula is C20H21ClN4O2. The van der Waals surface area contributed by atoms with Crippen LogP contribution in [0.3, 0.4) is 0 Å². The van der Waals surface area contributed by atoms with Crippen molar-refractivity contribution in [2.75, 3.05) is 17.2 Å². The predicted molar refractivity (Wildman–Crippen MR) is 109 cm³/mol. The molecule has 3 N–H and O–H groups in total. The van der Waals surface area contributed by atoms with Crippen molar-refractivity contribution in [2.45, 2.75) is 26.3 Å². The third-order valence-electron chi connectivity index (χ3n) is 3.80. The first-order valence-electron chi connectivity index (χ1n) is 8.55. The number of aliphatic imine (C=N–C) groups is 1. The van der Waals surface area contributed by atoms with Crippen LogP contribution in [0.2, 0.25) is 5.02 Å². The monoisotopic (exact) mass is 384 g/mol. The van der Waals surface area contributed by atoms with Crippen molar-refractivity contribution in [3.63, 3.8) is 0 Å². The number of hydrogen-bond donors (Lipinski definition) is 3. The molecule has 3 amide bonds. The van der Waals surface area contributed by atoms with E-state index >= 15 is 0 Å². The molecule has 27 heavy (non-hydrogen) atoms. The fourth-order valence-electron chi connectivity index (χ4n) is 2.71. The van der Waals surface area contributed by atoms with Gasteiger partial charge in [-0.2, -0.15) is 0 Å². The average Bonchev–Trinajstić information content (AvgIpc) is 2.72. The number of amides is 3. The molecule has 0 aliphatic carbocycles. The van der Waals surface area contributed by atoms with Gasteiger partial charge in [0.15, 0.2) is 0 Å². The Hall–Kier alpha value is -2.86. The van der Waals surface area contributed by atoms with Crippen LogP contribution >= 0.6 is 11.6 Å². The molecule has 0 spiro atoms. The Labute approximate surface area is 163 Å². The first-order chi connectivity index (χ1) is 12.7. The summed E-state index contributed by atoms with van der Waals surface area (Å²) in [5.41, 5.74) is 3.29. The molecule has 140 valence electrons. The smallest absolute Gasteiger partial charge is 0.319 e. The molecule has 1 heterocycles. The molecule has 2 aromatic rings. The Balaban J connectivity index is 1.86. The van der Waals surface area contributed by atoms with Crippen molar-refractivity contribution >= 4 is 40.6 Å². The van der Waals surface area contributed by atoms with E-state index in [0.717, 1.165) is 11.1 Å². The first kappa shape index (κ1) is 18.9. The average molecular weight is 385 g/mol. The highest BCUT2D eigenvalue weighted by molar-refractivity contribution is 6.32. The third kappa shape index (κ3) is 4.86. The van der Waals surface area contributed by atoms with Gasteiger partial charge in [0.1, 0.15) is 6.54 Å². The third-order valence-corrected chi connectivity index (χ3v) is 4.03. The fraction of sp³-hybridized carbons (Fsp3) is 0.250. The molecule has 6 nitrogen and oxygen atoms in total. The summed E-state index contributed by atoms with van der Waals surface area (Å²) >= 11 is 6.13. The van der Waals surface area contributed by atoms with Crippen molar-refractivity contribution < 1.29 is 9.59 Å². The highest BCUT2D eigenvalue weighted by Gasteiger charge is 2.19. The summed E-state index contributed by atoms with van der Waals surface area (Å²) in [7, 11) is 0. The lowest BCUT2D eigenvalue weighted by atomic mass is 10.0. The van der Waals surface area contributed by atoms with Crippen molar-refractivity contribution in [1.29, 1.82) is 0 Å². The first-order valence-corrected chi connectivity index (χ1v) is 8.93. The van der Waals surface area contributed by atoms with Gasteiger partial charge in [0.25, 0.3) is 0 Å². The van der Waals surface area contributed by atoms with E-state index in [1.165, 1.54) is 0 Å². The van der Waals surface area contributed by atoms with Crippen LogP contribution in [0.4, 0.5) is 16.2 Å². The van der Waals surface area contributed by atoms with Crippen LogP contribution < -0.4 is 16.0 Å². The topological polar surface area (TPSA) is 82.6 Å². The van der Waals surface area contributed by atoms with Gasteiger partial charge in [0, 0.05) is 27.4 Å². The number of urea groups is 1. The van der Waals surface area contributed by atoms with Crippen molar-refractivity contribution in [3.8, 4) is 0 Å². The van der Waals surface area contributed by atoms with E-state index in [1.807, 2.05) is 32.9 Å². The second-order valence-electron chi connectivity index (χ2n) is 7.31. The van der Waals surface area contributed by atoms with Crippen LogP contribution in [0.1, 0.15) is 31.9 Å². The molecular weight excluding hydrogens is 364 g/mol. The number of benzene rings is 2. The van der Waals surface area contributed by atoms with Gasteiger partial charge >= 0.3 is 6.03 Å². The van der Waals surface area contributed by atoms with E-state index < -0.39 is 0 Å². The molecule has 7 heteroatoms. The molecule has 3 rings (SSSR count). The summed E-state index contributed by atoms with van der Waals surface area (Å²) in [6.07, 6.45) is 0. The van der Waals surface area contributed by atoms with Gasteiger partial charge in [-0.1, -0.05) is 23.7 Å². The standard InChI is InChI=1S/C20H21ClN4O2/c1-20(2,3)25-19(27)23-14-7-4-12(5-8-14)18-15-10-13(21)6-9-16(15)24-17(26)11-22-18/h4-10H,11H2,1-3H3,(H,24,26)(H2,23,25,27). The highest BCUT2D eigenvalue weighted by Crippen LogP contribution is 2.26. The number of carbonyl (C=O) groups excluding carboxylic acids is 2. The van der Waals surface area contributed by atoms with Crippen LogP contribution in [0.15, 0.2) is 47.5 Å². The maximum atomic E-state index is 12.0. The highest BCUT2D eigenvalue weighted by atomic mass is 35.5. The molecule has 1 aliphatic rings. The minimum absolute atomic E-state index is 0.0373. The van der Waals surface area contributed by atoms with Gasteiger partial charge in [-0.3, -0.25) is 9.79 Å². The zero-order valence-corrected chi connectivity index (χ0v) is 16.1. The summed E-state index contributed by atoms with van der Waals surface area (Å²) in [5, 5.41) is 9.04. The summed E-state index contributed by atoms with van der Waals surface area (Å²) in [6.45, 7) is 5.78. The molecule has 0 fully saturated rings. The number of hydrogen-bond acceptors (Lipinski definition) is 3. The van der Waals surface area contributed by atoms with Crippen LogP contribution in [0.25, 0.3) is 0 Å². The fourth-order valence-corrected chi connectivity index (χ4v) is 2.88. The van der Waals surface area contributed by atoms with E-state index in [1.54, 1.807) is 30.3 Å². The largest absolute Gasteiger partial charge is 0.333 e. The second-order valence-corrected chi connectivity index (χ2v) is 7.75. The quantitative estimate of drug-likeness (QED) is 0.729. The summed E-state index contributed by atoms with van der Waals surface area (Å²) in [6, 6.07) is 12.3. The van der Waals surface area contributed by atoms with Crippen LogP contribution in [-0.2, 0) is 4.79 Å². The summed E-state index contributed by atoms with van der Waals surface area (Å²) in [5.74, 6) is -0.175. The molecule has 0 radical (unpaired) electrons. The molecule has 0 bridgehead atoms. The predicted octanol–water partition coefficient (Wildman–Crippen LogP) is 4.05. The van der Waals surface area contributed by atoms with Crippen molar-refractivity contribution in [1.82, 2.24) is 5.32 Å². The van der Waals surface area contributed by atoms with Gasteiger partial charge in [-0.15, -0.1) is 0 Å². The Morgan fingerprint density at radius 3 is 2.52 bits per heavy atom. The van der Waals surface area contributed by atoms with Gasteiger partial charge in [-0.25, -0.2) is 4.79 Å². The lowest BCUT2D eigenvalue weighted by Crippen LogP contribution is -2.43. The minimum atomic E-state index is -0.318. The Bertz CT molecular complexity index is 915. The van der Waals surface area contributed by atoms with E-state index in [9.17, 15) is 9.59 Å².